The lowest BCUT2D eigenvalue weighted by molar-refractivity contribution is 0.670. The topological polar surface area (TPSA) is 0 Å². The van der Waals surface area contributed by atoms with Crippen molar-refractivity contribution >= 4 is 23.2 Å². The van der Waals surface area contributed by atoms with Gasteiger partial charge in [-0.25, -0.2) is 0 Å². The van der Waals surface area contributed by atoms with Crippen molar-refractivity contribution in [3.8, 4) is 0 Å². The van der Waals surface area contributed by atoms with Gasteiger partial charge in [-0.15, -0.1) is 23.2 Å². The molecule has 0 aromatic heterocycles. The lowest BCUT2D eigenvalue weighted by Crippen LogP contribution is -2.17. The van der Waals surface area contributed by atoms with Gasteiger partial charge in [-0.2, -0.15) is 0 Å². The van der Waals surface area contributed by atoms with E-state index in [1.807, 2.05) is 44.2 Å². The zero-order valence-corrected chi connectivity index (χ0v) is 8.73. The fourth-order valence-corrected chi connectivity index (χ4v) is 1.29. The van der Waals surface area contributed by atoms with E-state index in [2.05, 4.69) is 0 Å². The fourth-order valence-electron chi connectivity index (χ4n) is 1.02. The molecule has 1 atom stereocenters. The maximum atomic E-state index is 6.15. The van der Waals surface area contributed by atoms with Crippen molar-refractivity contribution in [2.75, 3.05) is 0 Å². The van der Waals surface area contributed by atoms with Crippen LogP contribution in [0.4, 0.5) is 0 Å². The second kappa shape index (κ2) is 3.68. The number of hydrogen-bond acceptors (Lipinski definition) is 0. The van der Waals surface area contributed by atoms with Crippen molar-refractivity contribution in [3.63, 3.8) is 0 Å². The molecule has 0 bridgehead atoms. The van der Waals surface area contributed by atoms with Crippen molar-refractivity contribution < 1.29 is 0 Å². The number of hydrogen-bond donors (Lipinski definition) is 0. The second-order valence-electron chi connectivity index (χ2n) is 3.34. The Morgan fingerprint density at radius 1 is 1.17 bits per heavy atom. The van der Waals surface area contributed by atoms with Crippen LogP contribution < -0.4 is 0 Å². The molecule has 0 spiro atoms. The summed E-state index contributed by atoms with van der Waals surface area (Å²) in [5, 5.41) is -0.139. The van der Waals surface area contributed by atoms with E-state index < -0.39 is 4.87 Å². The van der Waals surface area contributed by atoms with E-state index in [0.29, 0.717) is 0 Å². The monoisotopic (exact) mass is 202 g/mol. The van der Waals surface area contributed by atoms with E-state index in [-0.39, 0.29) is 5.38 Å². The highest BCUT2D eigenvalue weighted by Crippen LogP contribution is 2.36. The molecule has 66 valence electrons. The molecule has 0 amide bonds. The van der Waals surface area contributed by atoms with Crippen LogP contribution in [0.5, 0.6) is 0 Å². The Morgan fingerprint density at radius 2 is 1.67 bits per heavy atom. The Labute approximate surface area is 83.5 Å². The average molecular weight is 203 g/mol. The maximum Gasteiger partial charge on any atom is 0.0771 e. The molecule has 0 saturated heterocycles. The average Bonchev–Trinajstić information content (AvgIpc) is 2.03. The summed E-state index contributed by atoms with van der Waals surface area (Å²) < 4.78 is 0. The van der Waals surface area contributed by atoms with Crippen LogP contribution in [-0.4, -0.2) is 4.87 Å². The number of alkyl halides is 2. The van der Waals surface area contributed by atoms with E-state index >= 15 is 0 Å². The van der Waals surface area contributed by atoms with Gasteiger partial charge in [0.25, 0.3) is 0 Å². The third-order valence-corrected chi connectivity index (χ3v) is 2.82. The molecule has 0 N–H and O–H groups in total. The van der Waals surface area contributed by atoms with Crippen LogP contribution in [0, 0.1) is 0 Å². The van der Waals surface area contributed by atoms with E-state index in [9.17, 15) is 0 Å². The molecular formula is C10H12Cl2. The summed E-state index contributed by atoms with van der Waals surface area (Å²) >= 11 is 12.2. The van der Waals surface area contributed by atoms with Gasteiger partial charge >= 0.3 is 0 Å². The van der Waals surface area contributed by atoms with Crippen LogP contribution in [0.3, 0.4) is 0 Å². The highest BCUT2D eigenvalue weighted by molar-refractivity contribution is 6.32. The lowest BCUT2D eigenvalue weighted by atomic mass is 10.0. The summed E-state index contributed by atoms with van der Waals surface area (Å²) in [6, 6.07) is 9.87. The van der Waals surface area contributed by atoms with E-state index in [1.54, 1.807) is 0 Å². The van der Waals surface area contributed by atoms with Gasteiger partial charge in [0.15, 0.2) is 0 Å². The lowest BCUT2D eigenvalue weighted by Gasteiger charge is -2.22. The van der Waals surface area contributed by atoms with Crippen molar-refractivity contribution in [1.82, 2.24) is 0 Å². The second-order valence-corrected chi connectivity index (χ2v) is 4.75. The van der Waals surface area contributed by atoms with E-state index in [4.69, 9.17) is 23.2 Å². The summed E-state index contributed by atoms with van der Waals surface area (Å²) in [5.41, 5.74) is 1.07. The van der Waals surface area contributed by atoms with Gasteiger partial charge in [-0.1, -0.05) is 30.3 Å². The van der Waals surface area contributed by atoms with Crippen molar-refractivity contribution in [2.24, 2.45) is 0 Å². The van der Waals surface area contributed by atoms with Crippen LogP contribution in [-0.2, 0) is 0 Å². The van der Waals surface area contributed by atoms with Crippen LogP contribution in [0.15, 0.2) is 30.3 Å². The summed E-state index contributed by atoms with van der Waals surface area (Å²) in [4.78, 5) is -0.400. The zero-order chi connectivity index (χ0) is 9.19. The summed E-state index contributed by atoms with van der Waals surface area (Å²) in [7, 11) is 0. The van der Waals surface area contributed by atoms with E-state index in [0.717, 1.165) is 5.56 Å². The third-order valence-electron chi connectivity index (χ3n) is 1.69. The van der Waals surface area contributed by atoms with Gasteiger partial charge < -0.3 is 0 Å². The number of halogens is 2. The zero-order valence-electron chi connectivity index (χ0n) is 7.22. The van der Waals surface area contributed by atoms with Crippen LogP contribution in [0.2, 0.25) is 0 Å². The number of rotatable bonds is 2. The summed E-state index contributed by atoms with van der Waals surface area (Å²) in [5.74, 6) is 0. The van der Waals surface area contributed by atoms with Crippen molar-refractivity contribution in [1.29, 1.82) is 0 Å². The molecule has 0 aliphatic rings. The fraction of sp³-hybridized carbons (Fsp3) is 0.400. The van der Waals surface area contributed by atoms with Crippen LogP contribution >= 0.6 is 23.2 Å². The third kappa shape index (κ3) is 2.40. The molecule has 0 saturated carbocycles. The van der Waals surface area contributed by atoms with Gasteiger partial charge in [0.1, 0.15) is 0 Å². The molecule has 1 aromatic carbocycles. The molecule has 0 aliphatic heterocycles. The Balaban J connectivity index is 2.86. The predicted octanol–water partition coefficient (Wildman–Crippen LogP) is 3.98. The van der Waals surface area contributed by atoms with Gasteiger partial charge in [0.2, 0.25) is 0 Å². The SMILES string of the molecule is CC(C)(Cl)C(Cl)c1ccccc1. The largest absolute Gasteiger partial charge is 0.118 e. The minimum atomic E-state index is -0.400. The first-order valence-electron chi connectivity index (χ1n) is 3.90. The molecule has 0 radical (unpaired) electrons. The molecule has 0 aliphatic carbocycles. The number of benzene rings is 1. The van der Waals surface area contributed by atoms with Crippen molar-refractivity contribution in [2.45, 2.75) is 24.1 Å². The summed E-state index contributed by atoms with van der Waals surface area (Å²) in [6.07, 6.45) is 0. The molecule has 1 rings (SSSR count). The minimum absolute atomic E-state index is 0.139. The van der Waals surface area contributed by atoms with Gasteiger partial charge in [-0.3, -0.25) is 0 Å². The normalized spacial score (nSPS) is 14.3. The van der Waals surface area contributed by atoms with Gasteiger partial charge in [0, 0.05) is 0 Å². The van der Waals surface area contributed by atoms with Crippen LogP contribution in [0.25, 0.3) is 0 Å². The minimum Gasteiger partial charge on any atom is -0.118 e. The highest BCUT2D eigenvalue weighted by atomic mass is 35.5. The van der Waals surface area contributed by atoms with Gasteiger partial charge in [-0.05, 0) is 19.4 Å². The Bertz CT molecular complexity index is 236. The van der Waals surface area contributed by atoms with Gasteiger partial charge in [0.05, 0.1) is 10.3 Å². The first kappa shape index (κ1) is 9.88. The van der Waals surface area contributed by atoms with Crippen molar-refractivity contribution in [3.05, 3.63) is 35.9 Å². The molecule has 12 heavy (non-hydrogen) atoms. The molecule has 2 heteroatoms. The Morgan fingerprint density at radius 3 is 2.08 bits per heavy atom. The molecule has 0 nitrogen and oxygen atoms in total. The quantitative estimate of drug-likeness (QED) is 0.637. The van der Waals surface area contributed by atoms with Crippen LogP contribution in [0.1, 0.15) is 24.8 Å². The Hall–Kier alpha value is -0.200. The molecule has 0 fully saturated rings. The molecule has 0 heterocycles. The first-order valence-corrected chi connectivity index (χ1v) is 4.71. The first-order chi connectivity index (χ1) is 5.52. The molecule has 1 aromatic rings. The predicted molar refractivity (Wildman–Crippen MR) is 55.0 cm³/mol. The highest BCUT2D eigenvalue weighted by Gasteiger charge is 2.25. The van der Waals surface area contributed by atoms with E-state index in [1.165, 1.54) is 0 Å². The smallest absolute Gasteiger partial charge is 0.0771 e. The molecule has 1 unspecified atom stereocenters. The standard InChI is InChI=1S/C10H12Cl2/c1-10(2,12)9(11)8-6-4-3-5-7-8/h3-7,9H,1-2H3. The molecular weight excluding hydrogens is 191 g/mol. The summed E-state index contributed by atoms with van der Waals surface area (Å²) in [6.45, 7) is 3.83. The Kier molecular flexibility index (Phi) is 3.03. The maximum absolute atomic E-state index is 6.15.